The highest BCUT2D eigenvalue weighted by molar-refractivity contribution is 6.30. The second kappa shape index (κ2) is 10.5. The van der Waals surface area contributed by atoms with Crippen molar-refractivity contribution in [2.75, 3.05) is 16.1 Å². The van der Waals surface area contributed by atoms with Gasteiger partial charge in [-0.2, -0.15) is 20.1 Å². The van der Waals surface area contributed by atoms with Gasteiger partial charge in [0.2, 0.25) is 17.8 Å². The first-order valence-corrected chi connectivity index (χ1v) is 11.1. The molecule has 3 aromatic carbocycles. The number of hydrogen-bond donors (Lipinski definition) is 3. The second-order valence-electron chi connectivity index (χ2n) is 7.37. The molecule has 2 heterocycles. The van der Waals surface area contributed by atoms with Crippen molar-refractivity contribution in [1.29, 1.82) is 0 Å². The van der Waals surface area contributed by atoms with E-state index in [4.69, 9.17) is 16.0 Å². The molecule has 0 saturated carbocycles. The molecule has 0 unspecified atom stereocenters. The van der Waals surface area contributed by atoms with Crippen LogP contribution in [0.3, 0.4) is 0 Å². The quantitative estimate of drug-likeness (QED) is 0.167. The van der Waals surface area contributed by atoms with Gasteiger partial charge in [0.05, 0.1) is 6.21 Å². The van der Waals surface area contributed by atoms with E-state index in [1.807, 2.05) is 97.1 Å². The van der Waals surface area contributed by atoms with E-state index >= 15 is 0 Å². The minimum absolute atomic E-state index is 0.259. The molecule has 172 valence electrons. The molecule has 0 aliphatic rings. The van der Waals surface area contributed by atoms with Crippen molar-refractivity contribution in [2.24, 2.45) is 5.10 Å². The van der Waals surface area contributed by atoms with Crippen LogP contribution >= 0.6 is 11.6 Å². The Morgan fingerprint density at radius 2 is 1.31 bits per heavy atom. The van der Waals surface area contributed by atoms with Gasteiger partial charge in [-0.3, -0.25) is 0 Å². The lowest BCUT2D eigenvalue weighted by molar-refractivity contribution is 0.575. The highest BCUT2D eigenvalue weighted by Crippen LogP contribution is 2.24. The summed E-state index contributed by atoms with van der Waals surface area (Å²) in [5.41, 5.74) is 5.43. The summed E-state index contributed by atoms with van der Waals surface area (Å²) in [6, 6.07) is 30.4. The SMILES string of the molecule is Clc1cccc(-c2ccc(/C=N\Nc3nc(Nc4ccccc4)nc(Nc4ccccc4)n3)o2)c1. The Hall–Kier alpha value is -4.69. The van der Waals surface area contributed by atoms with Gasteiger partial charge in [-0.15, -0.1) is 0 Å². The van der Waals surface area contributed by atoms with E-state index in [0.717, 1.165) is 16.9 Å². The molecule has 0 spiro atoms. The summed E-state index contributed by atoms with van der Waals surface area (Å²) < 4.78 is 5.84. The molecule has 0 atom stereocenters. The maximum atomic E-state index is 6.07. The molecule has 0 radical (unpaired) electrons. The highest BCUT2D eigenvalue weighted by atomic mass is 35.5. The maximum Gasteiger partial charge on any atom is 0.250 e. The van der Waals surface area contributed by atoms with Crippen molar-refractivity contribution in [3.8, 4) is 11.3 Å². The number of anilines is 5. The fourth-order valence-corrected chi connectivity index (χ4v) is 3.40. The van der Waals surface area contributed by atoms with Gasteiger partial charge < -0.3 is 15.1 Å². The number of nitrogens with one attached hydrogen (secondary N) is 3. The predicted molar refractivity (Wildman–Crippen MR) is 140 cm³/mol. The molecule has 5 rings (SSSR count). The number of para-hydroxylation sites is 2. The summed E-state index contributed by atoms with van der Waals surface area (Å²) in [7, 11) is 0. The van der Waals surface area contributed by atoms with Crippen LogP contribution in [0.4, 0.5) is 29.2 Å². The number of hydrazone groups is 1. The number of benzene rings is 3. The first-order valence-electron chi connectivity index (χ1n) is 10.8. The Kier molecular flexibility index (Phi) is 6.63. The average Bonchev–Trinajstić information content (AvgIpc) is 3.34. The van der Waals surface area contributed by atoms with Gasteiger partial charge in [0, 0.05) is 22.0 Å². The van der Waals surface area contributed by atoms with E-state index in [2.05, 4.69) is 36.1 Å². The van der Waals surface area contributed by atoms with Crippen molar-refractivity contribution in [1.82, 2.24) is 15.0 Å². The Labute approximate surface area is 206 Å². The van der Waals surface area contributed by atoms with E-state index in [0.29, 0.717) is 28.4 Å². The smallest absolute Gasteiger partial charge is 0.250 e. The molecule has 0 fully saturated rings. The molecular weight excluding hydrogens is 462 g/mol. The summed E-state index contributed by atoms with van der Waals surface area (Å²) in [5, 5.41) is 11.2. The van der Waals surface area contributed by atoms with Crippen molar-refractivity contribution in [3.63, 3.8) is 0 Å². The van der Waals surface area contributed by atoms with E-state index in [1.165, 1.54) is 0 Å². The lowest BCUT2D eigenvalue weighted by atomic mass is 10.2. The van der Waals surface area contributed by atoms with Gasteiger partial charge in [0.1, 0.15) is 11.5 Å². The number of nitrogens with zero attached hydrogens (tertiary/aromatic N) is 4. The van der Waals surface area contributed by atoms with Gasteiger partial charge >= 0.3 is 0 Å². The number of rotatable bonds is 8. The number of aromatic nitrogens is 3. The van der Waals surface area contributed by atoms with Crippen LogP contribution in [0.1, 0.15) is 5.76 Å². The third kappa shape index (κ3) is 6.01. The van der Waals surface area contributed by atoms with Gasteiger partial charge in [0.15, 0.2) is 0 Å². The van der Waals surface area contributed by atoms with Gasteiger partial charge in [-0.1, -0.05) is 60.1 Å². The molecule has 0 amide bonds. The normalized spacial score (nSPS) is 10.9. The lowest BCUT2D eigenvalue weighted by Gasteiger charge is -2.10. The molecule has 9 heteroatoms. The van der Waals surface area contributed by atoms with E-state index in [1.54, 1.807) is 6.21 Å². The lowest BCUT2D eigenvalue weighted by Crippen LogP contribution is -2.07. The second-order valence-corrected chi connectivity index (χ2v) is 7.81. The van der Waals surface area contributed by atoms with E-state index < -0.39 is 0 Å². The van der Waals surface area contributed by atoms with Crippen molar-refractivity contribution < 1.29 is 4.42 Å². The Balaban J connectivity index is 1.34. The van der Waals surface area contributed by atoms with Gasteiger partial charge in [0.25, 0.3) is 0 Å². The van der Waals surface area contributed by atoms with E-state index in [9.17, 15) is 0 Å². The van der Waals surface area contributed by atoms with Crippen LogP contribution in [0.25, 0.3) is 11.3 Å². The molecule has 5 aromatic rings. The Bertz CT molecular complexity index is 1380. The van der Waals surface area contributed by atoms with Crippen LogP contribution in [-0.2, 0) is 0 Å². The molecule has 3 N–H and O–H groups in total. The van der Waals surface area contributed by atoms with Gasteiger partial charge in [-0.05, 0) is 48.5 Å². The minimum Gasteiger partial charge on any atom is -0.455 e. The zero-order valence-corrected chi connectivity index (χ0v) is 19.1. The summed E-state index contributed by atoms with van der Waals surface area (Å²) in [4.78, 5) is 13.3. The van der Waals surface area contributed by atoms with Crippen molar-refractivity contribution in [2.45, 2.75) is 0 Å². The number of halogens is 1. The summed E-state index contributed by atoms with van der Waals surface area (Å²) in [6.07, 6.45) is 1.55. The van der Waals surface area contributed by atoms with Crippen LogP contribution < -0.4 is 16.1 Å². The van der Waals surface area contributed by atoms with Crippen molar-refractivity contribution in [3.05, 3.63) is 108 Å². The minimum atomic E-state index is 0.259. The fourth-order valence-electron chi connectivity index (χ4n) is 3.21. The summed E-state index contributed by atoms with van der Waals surface area (Å²) in [5.74, 6) is 2.24. The van der Waals surface area contributed by atoms with Crippen molar-refractivity contribution >= 4 is 47.0 Å². The molecule has 2 aromatic heterocycles. The van der Waals surface area contributed by atoms with Gasteiger partial charge in [-0.25, -0.2) is 5.43 Å². The van der Waals surface area contributed by atoms with Crippen LogP contribution in [0.2, 0.25) is 5.02 Å². The third-order valence-electron chi connectivity index (χ3n) is 4.79. The maximum absolute atomic E-state index is 6.07. The topological polar surface area (TPSA) is 100 Å². The predicted octanol–water partition coefficient (Wildman–Crippen LogP) is 6.72. The average molecular weight is 482 g/mol. The summed E-state index contributed by atoms with van der Waals surface area (Å²) in [6.45, 7) is 0. The van der Waals surface area contributed by atoms with Crippen LogP contribution in [0, 0.1) is 0 Å². The Morgan fingerprint density at radius 1 is 0.686 bits per heavy atom. The largest absolute Gasteiger partial charge is 0.455 e. The van der Waals surface area contributed by atoms with Crippen LogP contribution in [0.5, 0.6) is 0 Å². The molecular formula is C26H20ClN7O. The first-order chi connectivity index (χ1) is 17.2. The zero-order valence-electron chi connectivity index (χ0n) is 18.4. The molecule has 35 heavy (non-hydrogen) atoms. The standard InChI is InChI=1S/C26H20ClN7O/c27-19-9-7-8-18(16-19)23-15-14-22(35-23)17-28-34-26-32-24(29-20-10-3-1-4-11-20)31-25(33-26)30-21-12-5-2-6-13-21/h1-17H,(H3,29,30,31,32,33,34)/b28-17-. The molecule has 0 bridgehead atoms. The third-order valence-corrected chi connectivity index (χ3v) is 5.02. The summed E-state index contributed by atoms with van der Waals surface area (Å²) >= 11 is 6.07. The molecule has 8 nitrogen and oxygen atoms in total. The number of hydrogen-bond acceptors (Lipinski definition) is 8. The zero-order chi connectivity index (χ0) is 23.9. The first kappa shape index (κ1) is 22.1. The fraction of sp³-hybridized carbons (Fsp3) is 0. The van der Waals surface area contributed by atoms with Crippen LogP contribution in [-0.4, -0.2) is 21.2 Å². The monoisotopic (exact) mass is 481 g/mol. The molecule has 0 aliphatic carbocycles. The van der Waals surface area contributed by atoms with E-state index in [-0.39, 0.29) is 5.95 Å². The van der Waals surface area contributed by atoms with Crippen LogP contribution in [0.15, 0.2) is 107 Å². The molecule has 0 aliphatic heterocycles. The molecule has 0 saturated heterocycles. The Morgan fingerprint density at radius 3 is 1.94 bits per heavy atom. The number of furan rings is 1. The highest BCUT2D eigenvalue weighted by Gasteiger charge is 2.08.